The molecule has 13 heavy (non-hydrogen) atoms. The first-order valence-electron chi connectivity index (χ1n) is 3.87. The van der Waals surface area contributed by atoms with Crippen LogP contribution in [0.2, 0.25) is 0 Å². The maximum Gasteiger partial charge on any atom is 0.408 e. The van der Waals surface area contributed by atoms with Crippen LogP contribution in [0.4, 0.5) is 13.2 Å². The fraction of sp³-hybridized carbons (Fsp3) is 0.500. The largest absolute Gasteiger partial charge is 0.408 e. The quantitative estimate of drug-likeness (QED) is 0.757. The summed E-state index contributed by atoms with van der Waals surface area (Å²) in [5.74, 6) is 0. The molecule has 1 atom stereocenters. The summed E-state index contributed by atoms with van der Waals surface area (Å²) in [5.41, 5.74) is 4.90. The number of alkyl halides is 3. The molecule has 0 aromatic carbocycles. The minimum Gasteiger partial charge on any atom is -0.316 e. The molecule has 76 valence electrons. The molecular weight excluding hydrogens is 199 g/mol. The molecule has 0 radical (unpaired) electrons. The Hall–Kier alpha value is -0.550. The van der Waals surface area contributed by atoms with E-state index in [0.29, 0.717) is 0 Å². The molecule has 0 bridgehead atoms. The normalized spacial score (nSPS) is 13.1. The fourth-order valence-corrected chi connectivity index (χ4v) is 1.38. The molecule has 0 saturated carbocycles. The van der Waals surface area contributed by atoms with E-state index in [4.69, 9.17) is 5.73 Å². The molecule has 1 rings (SSSR count). The van der Waals surface area contributed by atoms with Crippen LogP contribution in [0.5, 0.6) is 0 Å². The highest BCUT2D eigenvalue weighted by Crippen LogP contribution is 2.32. The molecule has 0 fully saturated rings. The van der Waals surface area contributed by atoms with Crippen molar-refractivity contribution >= 4 is 11.3 Å². The molecule has 0 spiro atoms. The van der Waals surface area contributed by atoms with Crippen LogP contribution in [-0.2, 0) is 0 Å². The Kier molecular flexibility index (Phi) is 5.02. The SMILES string of the molecule is CC.NC(c1cccs1)C(F)(F)F. The topological polar surface area (TPSA) is 26.0 Å². The van der Waals surface area contributed by atoms with Crippen LogP contribution >= 0.6 is 11.3 Å². The molecule has 0 aliphatic carbocycles. The summed E-state index contributed by atoms with van der Waals surface area (Å²) in [6, 6.07) is 1.09. The molecule has 2 N–H and O–H groups in total. The highest BCUT2D eigenvalue weighted by molar-refractivity contribution is 7.10. The van der Waals surface area contributed by atoms with Crippen molar-refractivity contribution in [3.8, 4) is 0 Å². The lowest BCUT2D eigenvalue weighted by Crippen LogP contribution is -2.27. The highest BCUT2D eigenvalue weighted by atomic mass is 32.1. The van der Waals surface area contributed by atoms with Gasteiger partial charge < -0.3 is 5.73 Å². The van der Waals surface area contributed by atoms with Crippen molar-refractivity contribution in [3.63, 3.8) is 0 Å². The van der Waals surface area contributed by atoms with Crippen molar-refractivity contribution in [3.05, 3.63) is 22.4 Å². The second-order valence-electron chi connectivity index (χ2n) is 2.03. The lowest BCUT2D eigenvalue weighted by atomic mass is 10.2. The minimum atomic E-state index is -4.33. The molecule has 1 aromatic rings. The second kappa shape index (κ2) is 5.24. The van der Waals surface area contributed by atoms with E-state index in [9.17, 15) is 13.2 Å². The average Bonchev–Trinajstić information content (AvgIpc) is 2.57. The van der Waals surface area contributed by atoms with E-state index in [-0.39, 0.29) is 4.88 Å². The van der Waals surface area contributed by atoms with Gasteiger partial charge in [0.15, 0.2) is 0 Å². The van der Waals surface area contributed by atoms with E-state index in [1.54, 1.807) is 11.4 Å². The predicted molar refractivity (Wildman–Crippen MR) is 48.7 cm³/mol. The van der Waals surface area contributed by atoms with Gasteiger partial charge in [-0.15, -0.1) is 11.3 Å². The Labute approximate surface area is 79.4 Å². The van der Waals surface area contributed by atoms with Gasteiger partial charge in [0.2, 0.25) is 0 Å². The standard InChI is InChI=1S/C6H6F3NS.C2H6/c7-6(8,9)5(10)4-2-1-3-11-4;1-2/h1-3,5H,10H2;1-2H3. The average molecular weight is 211 g/mol. The van der Waals surface area contributed by atoms with Gasteiger partial charge in [-0.1, -0.05) is 19.9 Å². The Morgan fingerprint density at radius 3 is 2.23 bits per heavy atom. The van der Waals surface area contributed by atoms with Crippen LogP contribution in [0, 0.1) is 0 Å². The van der Waals surface area contributed by atoms with Crippen molar-refractivity contribution < 1.29 is 13.2 Å². The van der Waals surface area contributed by atoms with Crippen molar-refractivity contribution in [2.45, 2.75) is 26.1 Å². The smallest absolute Gasteiger partial charge is 0.316 e. The molecule has 0 amide bonds. The Morgan fingerprint density at radius 1 is 1.38 bits per heavy atom. The number of nitrogens with two attached hydrogens (primary N) is 1. The van der Waals surface area contributed by atoms with Gasteiger partial charge in [-0.2, -0.15) is 13.2 Å². The van der Waals surface area contributed by atoms with Gasteiger partial charge in [-0.3, -0.25) is 0 Å². The van der Waals surface area contributed by atoms with Crippen LogP contribution in [0.25, 0.3) is 0 Å². The lowest BCUT2D eigenvalue weighted by molar-refractivity contribution is -0.148. The molecule has 0 aliphatic heterocycles. The second-order valence-corrected chi connectivity index (χ2v) is 3.01. The predicted octanol–water partition coefficient (Wildman–Crippen LogP) is 3.34. The molecule has 5 heteroatoms. The van der Waals surface area contributed by atoms with Gasteiger partial charge in [0.25, 0.3) is 0 Å². The van der Waals surface area contributed by atoms with Gasteiger partial charge in [0.05, 0.1) is 0 Å². The van der Waals surface area contributed by atoms with Crippen LogP contribution < -0.4 is 5.73 Å². The zero-order valence-corrected chi connectivity index (χ0v) is 8.25. The van der Waals surface area contributed by atoms with E-state index >= 15 is 0 Å². The van der Waals surface area contributed by atoms with Gasteiger partial charge >= 0.3 is 6.18 Å². The fourth-order valence-electron chi connectivity index (χ4n) is 0.630. The van der Waals surface area contributed by atoms with Crippen molar-refractivity contribution in [2.24, 2.45) is 5.73 Å². The number of halogens is 3. The molecule has 1 heterocycles. The molecule has 0 aliphatic rings. The summed E-state index contributed by atoms with van der Waals surface area (Å²) in [5, 5.41) is 1.57. The number of thiophene rings is 1. The molecule has 1 unspecified atom stereocenters. The van der Waals surface area contributed by atoms with Crippen LogP contribution in [0.3, 0.4) is 0 Å². The summed E-state index contributed by atoms with van der Waals surface area (Å²) in [6.45, 7) is 4.00. The third kappa shape index (κ3) is 3.78. The van der Waals surface area contributed by atoms with Gasteiger partial charge in [-0.05, 0) is 11.4 Å². The van der Waals surface area contributed by atoms with Crippen molar-refractivity contribution in [2.75, 3.05) is 0 Å². The van der Waals surface area contributed by atoms with Crippen LogP contribution in [0.1, 0.15) is 24.8 Å². The zero-order valence-electron chi connectivity index (χ0n) is 7.43. The Morgan fingerprint density at radius 2 is 1.92 bits per heavy atom. The zero-order chi connectivity index (χ0) is 10.5. The maximum atomic E-state index is 11.9. The monoisotopic (exact) mass is 211 g/mol. The Balaban J connectivity index is 0.000000671. The minimum absolute atomic E-state index is 0.150. The lowest BCUT2D eigenvalue weighted by Gasteiger charge is -2.12. The first-order valence-corrected chi connectivity index (χ1v) is 4.75. The number of rotatable bonds is 1. The molecule has 1 aromatic heterocycles. The van der Waals surface area contributed by atoms with Crippen LogP contribution in [-0.4, -0.2) is 6.18 Å². The van der Waals surface area contributed by atoms with Gasteiger partial charge in [0, 0.05) is 4.88 Å². The summed E-state index contributed by atoms with van der Waals surface area (Å²) >= 11 is 1.01. The molecular formula is C8H12F3NS. The van der Waals surface area contributed by atoms with Gasteiger partial charge in [-0.25, -0.2) is 0 Å². The van der Waals surface area contributed by atoms with Crippen LogP contribution in [0.15, 0.2) is 17.5 Å². The summed E-state index contributed by atoms with van der Waals surface area (Å²) in [6.07, 6.45) is -4.33. The van der Waals surface area contributed by atoms with E-state index < -0.39 is 12.2 Å². The van der Waals surface area contributed by atoms with E-state index in [0.717, 1.165) is 11.3 Å². The van der Waals surface area contributed by atoms with E-state index in [1.807, 2.05) is 13.8 Å². The highest BCUT2D eigenvalue weighted by Gasteiger charge is 2.38. The third-order valence-electron chi connectivity index (χ3n) is 1.20. The first-order chi connectivity index (χ1) is 6.02. The Bertz CT molecular complexity index is 218. The van der Waals surface area contributed by atoms with Crippen molar-refractivity contribution in [1.29, 1.82) is 0 Å². The molecule has 0 saturated heterocycles. The van der Waals surface area contributed by atoms with Crippen molar-refractivity contribution in [1.82, 2.24) is 0 Å². The number of hydrogen-bond acceptors (Lipinski definition) is 2. The summed E-state index contributed by atoms with van der Waals surface area (Å²) in [4.78, 5) is 0.150. The summed E-state index contributed by atoms with van der Waals surface area (Å²) < 4.78 is 35.7. The maximum absolute atomic E-state index is 11.9. The van der Waals surface area contributed by atoms with Gasteiger partial charge in [0.1, 0.15) is 6.04 Å². The summed E-state index contributed by atoms with van der Waals surface area (Å²) in [7, 11) is 0. The number of hydrogen-bond donors (Lipinski definition) is 1. The first kappa shape index (κ1) is 12.4. The van der Waals surface area contributed by atoms with E-state index in [1.165, 1.54) is 6.07 Å². The van der Waals surface area contributed by atoms with E-state index in [2.05, 4.69) is 0 Å². The third-order valence-corrected chi connectivity index (χ3v) is 2.16. The molecule has 1 nitrogen and oxygen atoms in total.